The van der Waals surface area contributed by atoms with Gasteiger partial charge < -0.3 is 9.73 Å². The van der Waals surface area contributed by atoms with Crippen molar-refractivity contribution in [3.63, 3.8) is 0 Å². The lowest BCUT2D eigenvalue weighted by Crippen LogP contribution is -2.19. The van der Waals surface area contributed by atoms with Gasteiger partial charge in [-0.1, -0.05) is 6.07 Å². The number of hydrogen-bond acceptors (Lipinski definition) is 3. The second-order valence-electron chi connectivity index (χ2n) is 4.34. The molecule has 0 amide bonds. The fraction of sp³-hybridized carbons (Fsp3) is 0.357. The number of nitrogens with one attached hydrogen (secondary N) is 1. The number of rotatable bonds is 4. The van der Waals surface area contributed by atoms with Crippen LogP contribution in [0.25, 0.3) is 0 Å². The van der Waals surface area contributed by atoms with Crippen molar-refractivity contribution < 1.29 is 4.42 Å². The van der Waals surface area contributed by atoms with Crippen molar-refractivity contribution >= 4 is 0 Å². The fourth-order valence-corrected chi connectivity index (χ4v) is 1.90. The lowest BCUT2D eigenvalue weighted by Gasteiger charge is -2.14. The molecule has 0 fully saturated rings. The van der Waals surface area contributed by atoms with E-state index in [4.69, 9.17) is 4.42 Å². The fourth-order valence-electron chi connectivity index (χ4n) is 1.90. The van der Waals surface area contributed by atoms with Crippen molar-refractivity contribution in [2.75, 3.05) is 7.05 Å². The Hall–Kier alpha value is -1.61. The summed E-state index contributed by atoms with van der Waals surface area (Å²) in [5.74, 6) is 0.995. The first-order valence-corrected chi connectivity index (χ1v) is 5.83. The molecule has 90 valence electrons. The quantitative estimate of drug-likeness (QED) is 0.877. The van der Waals surface area contributed by atoms with Crippen molar-refractivity contribution in [2.24, 2.45) is 0 Å². The van der Waals surface area contributed by atoms with Crippen molar-refractivity contribution in [1.29, 1.82) is 0 Å². The summed E-state index contributed by atoms with van der Waals surface area (Å²) < 4.78 is 5.52. The zero-order valence-corrected chi connectivity index (χ0v) is 10.5. The van der Waals surface area contributed by atoms with Crippen LogP contribution in [0.5, 0.6) is 0 Å². The molecule has 0 saturated heterocycles. The van der Waals surface area contributed by atoms with Gasteiger partial charge in [0, 0.05) is 18.3 Å². The van der Waals surface area contributed by atoms with E-state index in [0.717, 1.165) is 17.9 Å². The Bertz CT molecular complexity index is 473. The number of pyridine rings is 1. The molecule has 17 heavy (non-hydrogen) atoms. The zero-order chi connectivity index (χ0) is 12.3. The van der Waals surface area contributed by atoms with Gasteiger partial charge in [0.1, 0.15) is 5.76 Å². The van der Waals surface area contributed by atoms with Crippen molar-refractivity contribution in [3.8, 4) is 0 Å². The van der Waals surface area contributed by atoms with Gasteiger partial charge in [-0.2, -0.15) is 0 Å². The van der Waals surface area contributed by atoms with Crippen molar-refractivity contribution in [3.05, 3.63) is 53.2 Å². The van der Waals surface area contributed by atoms with E-state index in [-0.39, 0.29) is 6.04 Å². The molecule has 1 unspecified atom stereocenters. The van der Waals surface area contributed by atoms with E-state index in [1.54, 1.807) is 6.26 Å². The van der Waals surface area contributed by atoms with E-state index >= 15 is 0 Å². The summed E-state index contributed by atoms with van der Waals surface area (Å²) in [6.45, 7) is 4.11. The number of nitrogens with zero attached hydrogens (tertiary/aromatic N) is 1. The van der Waals surface area contributed by atoms with Crippen LogP contribution in [0.15, 0.2) is 35.1 Å². The topological polar surface area (TPSA) is 38.1 Å². The minimum Gasteiger partial charge on any atom is -0.467 e. The molecule has 2 rings (SSSR count). The SMILES string of the molecule is CNC(Cc1ccc(C)cn1)c1occc1C. The summed E-state index contributed by atoms with van der Waals surface area (Å²) in [6, 6.07) is 6.32. The van der Waals surface area contributed by atoms with Crippen LogP contribution in [-0.4, -0.2) is 12.0 Å². The molecule has 0 spiro atoms. The van der Waals surface area contributed by atoms with E-state index in [1.165, 1.54) is 11.1 Å². The molecule has 0 aliphatic carbocycles. The van der Waals surface area contributed by atoms with Gasteiger partial charge in [-0.3, -0.25) is 4.98 Å². The summed E-state index contributed by atoms with van der Waals surface area (Å²) in [6.07, 6.45) is 4.47. The number of hydrogen-bond donors (Lipinski definition) is 1. The molecular weight excluding hydrogens is 212 g/mol. The molecule has 2 heterocycles. The second kappa shape index (κ2) is 5.15. The van der Waals surface area contributed by atoms with Crippen LogP contribution in [0.2, 0.25) is 0 Å². The Labute approximate surface area is 102 Å². The molecule has 0 radical (unpaired) electrons. The van der Waals surface area contributed by atoms with Crippen LogP contribution in [-0.2, 0) is 6.42 Å². The molecule has 0 bridgehead atoms. The predicted molar refractivity (Wildman–Crippen MR) is 67.9 cm³/mol. The highest BCUT2D eigenvalue weighted by Crippen LogP contribution is 2.21. The van der Waals surface area contributed by atoms with E-state index in [0.29, 0.717) is 0 Å². The number of aryl methyl sites for hydroxylation is 2. The van der Waals surface area contributed by atoms with Gasteiger partial charge in [-0.25, -0.2) is 0 Å². The Kier molecular flexibility index (Phi) is 3.59. The average molecular weight is 230 g/mol. The normalized spacial score (nSPS) is 12.6. The third-order valence-corrected chi connectivity index (χ3v) is 2.95. The molecular formula is C14H18N2O. The summed E-state index contributed by atoms with van der Waals surface area (Å²) in [5, 5.41) is 3.27. The molecule has 3 nitrogen and oxygen atoms in total. The van der Waals surface area contributed by atoms with Gasteiger partial charge in [-0.15, -0.1) is 0 Å². The van der Waals surface area contributed by atoms with Crippen LogP contribution in [0, 0.1) is 13.8 Å². The van der Waals surface area contributed by atoms with Crippen molar-refractivity contribution in [2.45, 2.75) is 26.3 Å². The van der Waals surface area contributed by atoms with Gasteiger partial charge in [0.25, 0.3) is 0 Å². The third kappa shape index (κ3) is 2.74. The molecule has 0 aromatic carbocycles. The van der Waals surface area contributed by atoms with Gasteiger partial charge in [0.05, 0.1) is 12.3 Å². The maximum atomic E-state index is 5.52. The van der Waals surface area contributed by atoms with Gasteiger partial charge in [0.15, 0.2) is 0 Å². The predicted octanol–water partition coefficient (Wildman–Crippen LogP) is 2.79. The smallest absolute Gasteiger partial charge is 0.123 e. The minimum atomic E-state index is 0.181. The highest BCUT2D eigenvalue weighted by atomic mass is 16.3. The van der Waals surface area contributed by atoms with E-state index in [1.807, 2.05) is 26.2 Å². The summed E-state index contributed by atoms with van der Waals surface area (Å²) in [7, 11) is 1.95. The van der Waals surface area contributed by atoms with Crippen LogP contribution in [0.3, 0.4) is 0 Å². The summed E-state index contributed by atoms with van der Waals surface area (Å²) >= 11 is 0. The number of likely N-dealkylation sites (N-methyl/N-ethyl adjacent to an activating group) is 1. The van der Waals surface area contributed by atoms with Gasteiger partial charge in [-0.05, 0) is 44.2 Å². The lowest BCUT2D eigenvalue weighted by atomic mass is 10.1. The largest absolute Gasteiger partial charge is 0.467 e. The Balaban J connectivity index is 2.16. The Morgan fingerprint density at radius 3 is 2.65 bits per heavy atom. The highest BCUT2D eigenvalue weighted by molar-refractivity contribution is 5.21. The van der Waals surface area contributed by atoms with Crippen LogP contribution in [0.4, 0.5) is 0 Å². The van der Waals surface area contributed by atoms with Crippen LogP contribution < -0.4 is 5.32 Å². The summed E-state index contributed by atoms with van der Waals surface area (Å²) in [4.78, 5) is 4.42. The molecule has 3 heteroatoms. The van der Waals surface area contributed by atoms with E-state index in [9.17, 15) is 0 Å². The van der Waals surface area contributed by atoms with Crippen molar-refractivity contribution in [1.82, 2.24) is 10.3 Å². The molecule has 0 aliphatic rings. The lowest BCUT2D eigenvalue weighted by molar-refractivity contribution is 0.424. The van der Waals surface area contributed by atoms with Crippen LogP contribution in [0.1, 0.15) is 28.6 Å². The molecule has 1 N–H and O–H groups in total. The molecule has 2 aromatic heterocycles. The van der Waals surface area contributed by atoms with Gasteiger partial charge in [0.2, 0.25) is 0 Å². The first-order chi connectivity index (χ1) is 8.20. The highest BCUT2D eigenvalue weighted by Gasteiger charge is 2.16. The zero-order valence-electron chi connectivity index (χ0n) is 10.5. The average Bonchev–Trinajstić information content (AvgIpc) is 2.75. The second-order valence-corrected chi connectivity index (χ2v) is 4.34. The maximum Gasteiger partial charge on any atom is 0.123 e. The first kappa shape index (κ1) is 11.9. The number of aromatic nitrogens is 1. The first-order valence-electron chi connectivity index (χ1n) is 5.83. The van der Waals surface area contributed by atoms with Gasteiger partial charge >= 0.3 is 0 Å². The molecule has 2 aromatic rings. The monoisotopic (exact) mass is 230 g/mol. The molecule has 1 atom stereocenters. The Morgan fingerprint density at radius 2 is 2.12 bits per heavy atom. The minimum absolute atomic E-state index is 0.181. The third-order valence-electron chi connectivity index (χ3n) is 2.95. The summed E-state index contributed by atoms with van der Waals surface area (Å²) in [5.41, 5.74) is 3.44. The van der Waals surface area contributed by atoms with E-state index in [2.05, 4.69) is 29.4 Å². The molecule has 0 saturated carbocycles. The maximum absolute atomic E-state index is 5.52. The standard InChI is InChI=1S/C14H18N2O/c1-10-4-5-12(16-9-10)8-13(15-3)14-11(2)6-7-17-14/h4-7,9,13,15H,8H2,1-3H3. The number of furan rings is 1. The van der Waals surface area contributed by atoms with E-state index < -0.39 is 0 Å². The Morgan fingerprint density at radius 1 is 1.29 bits per heavy atom. The molecule has 0 aliphatic heterocycles. The van der Waals surface area contributed by atoms with Crippen LogP contribution >= 0.6 is 0 Å².